The molecule has 2 aromatic rings. The first-order valence-electron chi connectivity index (χ1n) is 6.97. The Hall–Kier alpha value is -1.67. The quantitative estimate of drug-likeness (QED) is 0.750. The molecule has 0 saturated heterocycles. The molecule has 0 fully saturated rings. The third-order valence-electron chi connectivity index (χ3n) is 3.17. The number of sulfonamides is 1. The van der Waals surface area contributed by atoms with Gasteiger partial charge in [0.2, 0.25) is 0 Å². The molecule has 0 aliphatic carbocycles. The Morgan fingerprint density at radius 3 is 2.71 bits per heavy atom. The standard InChI is InChI=1S/C13H21N5O2S/c1-4-12-14-9-13(16-12)21(19,20)15-6-5-7-18-11(3)8-10(2)17-18/h8-9,15H,4-7H2,1-3H3,(H,14,16). The minimum atomic E-state index is -3.51. The van der Waals surface area contributed by atoms with Crippen LogP contribution in [0.1, 0.15) is 30.6 Å². The molecular formula is C13H21N5O2S. The summed E-state index contributed by atoms with van der Waals surface area (Å²) in [5.41, 5.74) is 2.05. The van der Waals surface area contributed by atoms with Crippen molar-refractivity contribution in [2.24, 2.45) is 0 Å². The Bertz CT molecular complexity index is 702. The molecule has 8 heteroatoms. The van der Waals surface area contributed by atoms with Crippen molar-refractivity contribution in [1.82, 2.24) is 24.5 Å². The summed E-state index contributed by atoms with van der Waals surface area (Å²) in [6.07, 6.45) is 2.70. The van der Waals surface area contributed by atoms with Crippen molar-refractivity contribution in [3.8, 4) is 0 Å². The highest BCUT2D eigenvalue weighted by molar-refractivity contribution is 7.89. The molecule has 116 valence electrons. The van der Waals surface area contributed by atoms with Gasteiger partial charge < -0.3 is 4.98 Å². The fourth-order valence-electron chi connectivity index (χ4n) is 2.07. The monoisotopic (exact) mass is 311 g/mol. The topological polar surface area (TPSA) is 92.7 Å². The zero-order valence-electron chi connectivity index (χ0n) is 12.5. The Balaban J connectivity index is 1.86. The van der Waals surface area contributed by atoms with Crippen LogP contribution >= 0.6 is 0 Å². The van der Waals surface area contributed by atoms with Gasteiger partial charge in [0.05, 0.1) is 11.9 Å². The summed E-state index contributed by atoms with van der Waals surface area (Å²) in [6, 6.07) is 2.00. The van der Waals surface area contributed by atoms with E-state index in [-0.39, 0.29) is 5.03 Å². The van der Waals surface area contributed by atoms with Crippen molar-refractivity contribution in [3.63, 3.8) is 0 Å². The van der Waals surface area contributed by atoms with Crippen LogP contribution in [0, 0.1) is 13.8 Å². The number of aromatic nitrogens is 4. The van der Waals surface area contributed by atoms with E-state index in [2.05, 4.69) is 19.8 Å². The molecular weight excluding hydrogens is 290 g/mol. The molecule has 2 rings (SSSR count). The van der Waals surface area contributed by atoms with Gasteiger partial charge in [0.15, 0.2) is 5.03 Å². The molecule has 2 heterocycles. The number of nitrogens with one attached hydrogen (secondary N) is 2. The van der Waals surface area contributed by atoms with E-state index in [1.807, 2.05) is 31.5 Å². The normalized spacial score (nSPS) is 12.0. The number of aryl methyl sites for hydroxylation is 4. The molecule has 21 heavy (non-hydrogen) atoms. The average Bonchev–Trinajstić information content (AvgIpc) is 3.02. The van der Waals surface area contributed by atoms with Crippen molar-refractivity contribution in [1.29, 1.82) is 0 Å². The highest BCUT2D eigenvalue weighted by Gasteiger charge is 2.16. The van der Waals surface area contributed by atoms with Gasteiger partial charge in [-0.2, -0.15) is 5.10 Å². The minimum absolute atomic E-state index is 0.116. The van der Waals surface area contributed by atoms with Crippen molar-refractivity contribution in [2.75, 3.05) is 6.54 Å². The van der Waals surface area contributed by atoms with E-state index < -0.39 is 10.0 Å². The highest BCUT2D eigenvalue weighted by atomic mass is 32.2. The van der Waals surface area contributed by atoms with Crippen molar-refractivity contribution in [3.05, 3.63) is 29.5 Å². The summed E-state index contributed by atoms with van der Waals surface area (Å²) in [5, 5.41) is 4.46. The zero-order chi connectivity index (χ0) is 15.5. The zero-order valence-corrected chi connectivity index (χ0v) is 13.4. The van der Waals surface area contributed by atoms with E-state index >= 15 is 0 Å². The molecule has 2 aromatic heterocycles. The maximum atomic E-state index is 12.0. The van der Waals surface area contributed by atoms with E-state index in [0.717, 1.165) is 11.4 Å². The highest BCUT2D eigenvalue weighted by Crippen LogP contribution is 2.06. The largest absolute Gasteiger partial charge is 0.332 e. The van der Waals surface area contributed by atoms with Gasteiger partial charge in [-0.3, -0.25) is 4.68 Å². The van der Waals surface area contributed by atoms with Crippen LogP contribution < -0.4 is 4.72 Å². The van der Waals surface area contributed by atoms with E-state index in [1.54, 1.807) is 0 Å². The van der Waals surface area contributed by atoms with Crippen molar-refractivity contribution >= 4 is 10.0 Å². The van der Waals surface area contributed by atoms with Gasteiger partial charge >= 0.3 is 0 Å². The second kappa shape index (κ2) is 6.40. The molecule has 7 nitrogen and oxygen atoms in total. The molecule has 0 spiro atoms. The third-order valence-corrected chi connectivity index (χ3v) is 4.54. The molecule has 0 aromatic carbocycles. The first-order chi connectivity index (χ1) is 9.92. The molecule has 0 saturated carbocycles. The SMILES string of the molecule is CCc1ncc(S(=O)(=O)NCCCn2nc(C)cc2C)[nH]1. The molecule has 0 aliphatic rings. The predicted octanol–water partition coefficient (Wildman–Crippen LogP) is 1.15. The maximum Gasteiger partial charge on any atom is 0.257 e. The fourth-order valence-corrected chi connectivity index (χ4v) is 3.09. The van der Waals surface area contributed by atoms with Crippen LogP contribution in [0.3, 0.4) is 0 Å². The average molecular weight is 311 g/mol. The molecule has 0 unspecified atom stereocenters. The van der Waals surface area contributed by atoms with Gasteiger partial charge in [-0.05, 0) is 26.3 Å². The van der Waals surface area contributed by atoms with Gasteiger partial charge in [-0.25, -0.2) is 18.1 Å². The van der Waals surface area contributed by atoms with Crippen LogP contribution in [0.4, 0.5) is 0 Å². The second-order valence-electron chi connectivity index (χ2n) is 4.95. The summed E-state index contributed by atoms with van der Waals surface area (Å²) in [4.78, 5) is 6.80. The van der Waals surface area contributed by atoms with Gasteiger partial charge in [0.25, 0.3) is 10.0 Å². The number of aromatic amines is 1. The number of rotatable bonds is 7. The third kappa shape index (κ3) is 3.92. The van der Waals surface area contributed by atoms with Gasteiger partial charge in [-0.1, -0.05) is 6.92 Å². The lowest BCUT2D eigenvalue weighted by molar-refractivity contribution is 0.543. The molecule has 0 aliphatic heterocycles. The van der Waals surface area contributed by atoms with Crippen LogP contribution in [0.25, 0.3) is 0 Å². The lowest BCUT2D eigenvalue weighted by Gasteiger charge is -2.06. The lowest BCUT2D eigenvalue weighted by atomic mass is 10.4. The first kappa shape index (κ1) is 15.7. The smallest absolute Gasteiger partial charge is 0.257 e. The number of H-pyrrole nitrogens is 1. The van der Waals surface area contributed by atoms with E-state index in [4.69, 9.17) is 0 Å². The number of hydrogen-bond acceptors (Lipinski definition) is 4. The minimum Gasteiger partial charge on any atom is -0.332 e. The molecule has 2 N–H and O–H groups in total. The van der Waals surface area contributed by atoms with Crippen molar-refractivity contribution < 1.29 is 8.42 Å². The van der Waals surface area contributed by atoms with Gasteiger partial charge in [0.1, 0.15) is 5.82 Å². The van der Waals surface area contributed by atoms with E-state index in [0.29, 0.717) is 31.8 Å². The summed E-state index contributed by atoms with van der Waals surface area (Å²) in [7, 11) is -3.51. The summed E-state index contributed by atoms with van der Waals surface area (Å²) < 4.78 is 28.5. The second-order valence-corrected chi connectivity index (χ2v) is 6.68. The molecule has 0 atom stereocenters. The molecule has 0 amide bonds. The Morgan fingerprint density at radius 2 is 2.14 bits per heavy atom. The maximum absolute atomic E-state index is 12.0. The van der Waals surface area contributed by atoms with Crippen LogP contribution in [0.2, 0.25) is 0 Å². The van der Waals surface area contributed by atoms with Crippen LogP contribution in [0.15, 0.2) is 17.3 Å². The Labute approximate surface area is 124 Å². The van der Waals surface area contributed by atoms with Crippen LogP contribution in [-0.4, -0.2) is 34.7 Å². The summed E-state index contributed by atoms with van der Waals surface area (Å²) in [6.45, 7) is 6.89. The molecule has 0 bridgehead atoms. The summed E-state index contributed by atoms with van der Waals surface area (Å²) in [5.74, 6) is 0.665. The Kier molecular flexibility index (Phi) is 4.79. The van der Waals surface area contributed by atoms with E-state index in [9.17, 15) is 8.42 Å². The summed E-state index contributed by atoms with van der Waals surface area (Å²) >= 11 is 0. The van der Waals surface area contributed by atoms with Crippen LogP contribution in [0.5, 0.6) is 0 Å². The number of nitrogens with zero attached hydrogens (tertiary/aromatic N) is 3. The lowest BCUT2D eigenvalue weighted by Crippen LogP contribution is -2.26. The fraction of sp³-hybridized carbons (Fsp3) is 0.538. The molecule has 0 radical (unpaired) electrons. The first-order valence-corrected chi connectivity index (χ1v) is 8.45. The van der Waals surface area contributed by atoms with E-state index in [1.165, 1.54) is 6.20 Å². The number of hydrogen-bond donors (Lipinski definition) is 2. The number of imidazole rings is 1. The Morgan fingerprint density at radius 1 is 1.38 bits per heavy atom. The van der Waals surface area contributed by atoms with Crippen molar-refractivity contribution in [2.45, 2.75) is 45.2 Å². The predicted molar refractivity (Wildman–Crippen MR) is 79.5 cm³/mol. The van der Waals surface area contributed by atoms with Crippen LogP contribution in [-0.2, 0) is 23.0 Å². The van der Waals surface area contributed by atoms with Gasteiger partial charge in [-0.15, -0.1) is 0 Å². The van der Waals surface area contributed by atoms with Gasteiger partial charge in [0, 0.05) is 25.2 Å².